The van der Waals surface area contributed by atoms with Crippen molar-refractivity contribution < 1.29 is 32.3 Å². The van der Waals surface area contributed by atoms with Gasteiger partial charge in [-0.05, 0) is 82.2 Å². The van der Waals surface area contributed by atoms with E-state index in [9.17, 15) is 27.6 Å². The first-order chi connectivity index (χ1) is 18.2. The molecule has 2 heterocycles. The van der Waals surface area contributed by atoms with E-state index in [0.29, 0.717) is 42.9 Å². The fourth-order valence-corrected chi connectivity index (χ4v) is 6.25. The molecule has 1 aromatic heterocycles. The fraction of sp³-hybridized carbons (Fsp3) is 0.500. The molecule has 4 rings (SSSR count). The van der Waals surface area contributed by atoms with Crippen LogP contribution in [0, 0.1) is 5.92 Å². The van der Waals surface area contributed by atoms with Crippen LogP contribution >= 0.6 is 11.3 Å². The third-order valence-corrected chi connectivity index (χ3v) is 8.00. The van der Waals surface area contributed by atoms with Gasteiger partial charge in [0.05, 0.1) is 23.4 Å². The zero-order valence-electron chi connectivity index (χ0n) is 21.0. The number of nitrogens with one attached hydrogen (secondary N) is 4. The van der Waals surface area contributed by atoms with Crippen LogP contribution in [0.1, 0.15) is 59.0 Å². The number of carbonyl (C=O) groups excluding carboxylic acids is 3. The number of piperidine rings is 1. The summed E-state index contributed by atoms with van der Waals surface area (Å²) >= 11 is 1.31. The Morgan fingerprint density at radius 3 is 2.53 bits per heavy atom. The Morgan fingerprint density at radius 2 is 1.82 bits per heavy atom. The van der Waals surface area contributed by atoms with E-state index < -0.39 is 35.7 Å². The maximum absolute atomic E-state index is 13.5. The Bertz CT molecular complexity index is 1180. The van der Waals surface area contributed by atoms with Crippen LogP contribution in [0.3, 0.4) is 0 Å². The number of thiophene rings is 1. The number of fused-ring (bicyclic) bond motifs is 1. The van der Waals surface area contributed by atoms with Gasteiger partial charge in [-0.15, -0.1) is 11.3 Å². The van der Waals surface area contributed by atoms with Gasteiger partial charge in [-0.2, -0.15) is 13.2 Å². The lowest BCUT2D eigenvalue weighted by molar-refractivity contribution is -0.137. The van der Waals surface area contributed by atoms with Crippen molar-refractivity contribution in [1.82, 2.24) is 10.6 Å². The SMILES string of the molecule is CCOC(=O)c1c(NC(=O)NC(C(=O)Nc2ccccc2C(F)(F)F)C2CCNCC2)sc2c1CCCC2. The molecule has 206 valence electrons. The van der Waals surface area contributed by atoms with Crippen molar-refractivity contribution in [3.05, 3.63) is 45.8 Å². The lowest BCUT2D eigenvalue weighted by atomic mass is 9.89. The number of halogens is 3. The maximum Gasteiger partial charge on any atom is 0.418 e. The molecule has 8 nitrogen and oxygen atoms in total. The topological polar surface area (TPSA) is 109 Å². The summed E-state index contributed by atoms with van der Waals surface area (Å²) in [5, 5.41) is 11.3. The largest absolute Gasteiger partial charge is 0.462 e. The number of benzene rings is 1. The molecule has 1 aliphatic carbocycles. The van der Waals surface area contributed by atoms with Crippen LogP contribution in [-0.4, -0.2) is 43.6 Å². The van der Waals surface area contributed by atoms with E-state index in [-0.39, 0.29) is 18.2 Å². The van der Waals surface area contributed by atoms with Gasteiger partial charge in [0.2, 0.25) is 5.91 Å². The fourth-order valence-electron chi connectivity index (χ4n) is 4.98. The zero-order valence-corrected chi connectivity index (χ0v) is 21.8. The minimum absolute atomic E-state index is 0.187. The Balaban J connectivity index is 1.56. The van der Waals surface area contributed by atoms with Gasteiger partial charge < -0.3 is 20.7 Å². The van der Waals surface area contributed by atoms with Crippen molar-refractivity contribution in [2.75, 3.05) is 30.3 Å². The number of urea groups is 1. The first-order valence-corrected chi connectivity index (χ1v) is 13.6. The lowest BCUT2D eigenvalue weighted by Gasteiger charge is -2.30. The first-order valence-electron chi connectivity index (χ1n) is 12.8. The molecule has 1 unspecified atom stereocenters. The highest BCUT2D eigenvalue weighted by molar-refractivity contribution is 7.17. The molecule has 2 aromatic rings. The average molecular weight is 553 g/mol. The third kappa shape index (κ3) is 6.47. The number of ether oxygens (including phenoxy) is 1. The number of hydrogen-bond acceptors (Lipinski definition) is 6. The number of esters is 1. The van der Waals surface area contributed by atoms with Crippen LogP contribution in [0.4, 0.5) is 28.7 Å². The quantitative estimate of drug-likeness (QED) is 0.364. The first kappa shape index (κ1) is 27.9. The van der Waals surface area contributed by atoms with Crippen LogP contribution in [0.5, 0.6) is 0 Å². The number of aryl methyl sites for hydroxylation is 1. The summed E-state index contributed by atoms with van der Waals surface area (Å²) in [7, 11) is 0. The number of anilines is 2. The molecule has 1 aromatic carbocycles. The minimum Gasteiger partial charge on any atom is -0.462 e. The van der Waals surface area contributed by atoms with Crippen LogP contribution in [0.15, 0.2) is 24.3 Å². The predicted octanol–water partition coefficient (Wildman–Crippen LogP) is 4.95. The normalized spacial score (nSPS) is 16.7. The third-order valence-electron chi connectivity index (χ3n) is 6.79. The van der Waals surface area contributed by atoms with Gasteiger partial charge in [0.25, 0.3) is 0 Å². The van der Waals surface area contributed by atoms with Crippen molar-refractivity contribution in [1.29, 1.82) is 0 Å². The number of amides is 3. The van der Waals surface area contributed by atoms with Crippen molar-refractivity contribution in [2.45, 2.75) is 57.7 Å². The molecule has 1 fully saturated rings. The van der Waals surface area contributed by atoms with Crippen LogP contribution < -0.4 is 21.3 Å². The van der Waals surface area contributed by atoms with Crippen molar-refractivity contribution >= 4 is 39.9 Å². The summed E-state index contributed by atoms with van der Waals surface area (Å²) in [6, 6.07) is 2.93. The smallest absolute Gasteiger partial charge is 0.418 e. The second kappa shape index (κ2) is 12.2. The Hall–Kier alpha value is -3.12. The highest BCUT2D eigenvalue weighted by atomic mass is 32.1. The number of para-hydroxylation sites is 1. The summed E-state index contributed by atoms with van der Waals surface area (Å²) in [4.78, 5) is 40.2. The summed E-state index contributed by atoms with van der Waals surface area (Å²) in [5.74, 6) is -1.54. The van der Waals surface area contributed by atoms with E-state index >= 15 is 0 Å². The Kier molecular flexibility index (Phi) is 8.93. The van der Waals surface area contributed by atoms with E-state index in [1.807, 2.05) is 0 Å². The van der Waals surface area contributed by atoms with Crippen LogP contribution in [0.2, 0.25) is 0 Å². The molecule has 3 amide bonds. The number of carbonyl (C=O) groups is 3. The van der Waals surface area contributed by atoms with Gasteiger partial charge in [0.15, 0.2) is 0 Å². The van der Waals surface area contributed by atoms with Crippen LogP contribution in [-0.2, 0) is 28.5 Å². The standard InChI is InChI=1S/C26H31F3N4O4S/c1-2-37-24(35)20-16-7-3-6-10-19(16)38-23(20)33-25(36)32-21(15-11-13-30-14-12-15)22(34)31-18-9-5-4-8-17(18)26(27,28)29/h4-5,8-9,15,21,30H,2-3,6-7,10-14H2,1H3,(H,31,34)(H2,32,33,36). The van der Waals surface area contributed by atoms with Crippen molar-refractivity contribution in [3.63, 3.8) is 0 Å². The molecule has 0 spiro atoms. The van der Waals surface area contributed by atoms with E-state index in [1.54, 1.807) is 6.92 Å². The van der Waals surface area contributed by atoms with Gasteiger partial charge in [-0.25, -0.2) is 9.59 Å². The molecule has 0 radical (unpaired) electrons. The monoisotopic (exact) mass is 552 g/mol. The number of rotatable bonds is 7. The average Bonchev–Trinajstić information content (AvgIpc) is 3.25. The molecule has 4 N–H and O–H groups in total. The molecule has 12 heteroatoms. The Morgan fingerprint density at radius 1 is 1.11 bits per heavy atom. The van der Waals surface area contributed by atoms with Gasteiger partial charge in [0.1, 0.15) is 11.0 Å². The van der Waals surface area contributed by atoms with Crippen LogP contribution in [0.25, 0.3) is 0 Å². The van der Waals surface area contributed by atoms with Crippen molar-refractivity contribution in [2.24, 2.45) is 5.92 Å². The highest BCUT2D eigenvalue weighted by Gasteiger charge is 2.36. The molecular formula is C26H31F3N4O4S. The second-order valence-electron chi connectivity index (χ2n) is 9.33. The van der Waals surface area contributed by atoms with E-state index in [4.69, 9.17) is 4.74 Å². The van der Waals surface area contributed by atoms with E-state index in [0.717, 1.165) is 35.8 Å². The zero-order chi connectivity index (χ0) is 27.3. The predicted molar refractivity (Wildman–Crippen MR) is 139 cm³/mol. The Labute approximate surface area is 222 Å². The number of alkyl halides is 3. The van der Waals surface area contributed by atoms with Gasteiger partial charge in [-0.1, -0.05) is 12.1 Å². The molecule has 0 saturated carbocycles. The van der Waals surface area contributed by atoms with Gasteiger partial charge in [0, 0.05) is 4.88 Å². The minimum atomic E-state index is -4.65. The molecule has 1 atom stereocenters. The van der Waals surface area contributed by atoms with Gasteiger partial charge >= 0.3 is 18.2 Å². The second-order valence-corrected chi connectivity index (χ2v) is 10.4. The summed E-state index contributed by atoms with van der Waals surface area (Å²) in [6.45, 7) is 3.12. The molecule has 38 heavy (non-hydrogen) atoms. The summed E-state index contributed by atoms with van der Waals surface area (Å²) in [5.41, 5.74) is -0.123. The van der Waals surface area contributed by atoms with E-state index in [1.165, 1.54) is 29.5 Å². The summed E-state index contributed by atoms with van der Waals surface area (Å²) < 4.78 is 45.7. The molecule has 1 aliphatic heterocycles. The van der Waals surface area contributed by atoms with Gasteiger partial charge in [-0.3, -0.25) is 10.1 Å². The number of hydrogen-bond donors (Lipinski definition) is 4. The molecule has 0 bridgehead atoms. The highest BCUT2D eigenvalue weighted by Crippen LogP contribution is 2.39. The molecule has 2 aliphatic rings. The maximum atomic E-state index is 13.5. The molecular weight excluding hydrogens is 521 g/mol. The molecule has 1 saturated heterocycles. The van der Waals surface area contributed by atoms with Crippen molar-refractivity contribution in [3.8, 4) is 0 Å². The van der Waals surface area contributed by atoms with E-state index in [2.05, 4.69) is 21.3 Å². The summed E-state index contributed by atoms with van der Waals surface area (Å²) in [6.07, 6.45) is -0.115. The lowest BCUT2D eigenvalue weighted by Crippen LogP contribution is -2.52.